The first-order valence-electron chi connectivity index (χ1n) is 16.8. The quantitative estimate of drug-likeness (QED) is 0.190. The third-order valence-corrected chi connectivity index (χ3v) is 11.0. The highest BCUT2D eigenvalue weighted by Gasteiger charge is 2.29. The van der Waals surface area contributed by atoms with Crippen molar-refractivity contribution in [2.45, 2.75) is 38.6 Å². The fourth-order valence-corrected chi connectivity index (χ4v) is 8.26. The fraction of sp³-hybridized carbons (Fsp3) is 0.444. The van der Waals surface area contributed by atoms with Crippen molar-refractivity contribution >= 4 is 58.4 Å². The highest BCUT2D eigenvalue weighted by atomic mass is 31.2. The van der Waals surface area contributed by atoms with Crippen LogP contribution < -0.4 is 25.6 Å². The maximum absolute atomic E-state index is 13.5. The molecule has 11 nitrogen and oxygen atoms in total. The van der Waals surface area contributed by atoms with Gasteiger partial charge >= 0.3 is 0 Å². The van der Waals surface area contributed by atoms with Crippen molar-refractivity contribution in [2.24, 2.45) is 0 Å². The van der Waals surface area contributed by atoms with Crippen molar-refractivity contribution in [3.63, 3.8) is 0 Å². The van der Waals surface area contributed by atoms with Crippen LogP contribution in [0.2, 0.25) is 0 Å². The zero-order valence-electron chi connectivity index (χ0n) is 29.0. The number of hydrogen-bond acceptors (Lipinski definition) is 11. The van der Waals surface area contributed by atoms with E-state index in [0.717, 1.165) is 50.7 Å². The SMILES string of the molecule is C=Cc1cnc(Nc2cc(C(C)C)c(N3CCC(N4CCN(C)CC4)CC3)cc2OC)nc1Nc1ccc2nccnc2c1P(C)(C)=O. The number of nitrogens with zero attached hydrogens (tertiary/aromatic N) is 7. The Labute approximate surface area is 284 Å². The van der Waals surface area contributed by atoms with Crippen LogP contribution in [0.3, 0.4) is 0 Å². The molecule has 0 unspecified atom stereocenters. The van der Waals surface area contributed by atoms with E-state index in [1.165, 1.54) is 24.1 Å². The summed E-state index contributed by atoms with van der Waals surface area (Å²) in [7, 11) is 1.16. The van der Waals surface area contributed by atoms with Gasteiger partial charge < -0.3 is 29.7 Å². The van der Waals surface area contributed by atoms with Crippen LogP contribution in [0.25, 0.3) is 17.1 Å². The number of likely N-dealkylation sites (N-methyl/N-ethyl adjacent to an activating group) is 1. The largest absolute Gasteiger partial charge is 0.494 e. The number of piperidine rings is 1. The number of piperazine rings is 1. The molecule has 2 aliphatic rings. The average Bonchev–Trinajstić information content (AvgIpc) is 3.08. The maximum Gasteiger partial charge on any atom is 0.229 e. The lowest BCUT2D eigenvalue weighted by Gasteiger charge is -2.43. The van der Waals surface area contributed by atoms with Gasteiger partial charge in [0.05, 0.1) is 29.3 Å². The lowest BCUT2D eigenvalue weighted by molar-refractivity contribution is 0.0982. The first kappa shape index (κ1) is 33.8. The van der Waals surface area contributed by atoms with Crippen molar-refractivity contribution in [1.29, 1.82) is 0 Å². The number of hydrogen-bond donors (Lipinski definition) is 2. The first-order chi connectivity index (χ1) is 23.0. The zero-order chi connectivity index (χ0) is 34.0. The Bertz CT molecular complexity index is 1830. The Morgan fingerprint density at radius 3 is 2.38 bits per heavy atom. The van der Waals surface area contributed by atoms with Gasteiger partial charge in [-0.1, -0.05) is 26.5 Å². The van der Waals surface area contributed by atoms with Crippen LogP contribution in [0.1, 0.15) is 43.7 Å². The van der Waals surface area contributed by atoms with Gasteiger partial charge in [0, 0.05) is 81.2 Å². The summed E-state index contributed by atoms with van der Waals surface area (Å²) in [5, 5.41) is 7.46. The number of rotatable bonds is 10. The first-order valence-corrected chi connectivity index (χ1v) is 19.4. The number of nitrogens with one attached hydrogen (secondary N) is 2. The van der Waals surface area contributed by atoms with Crippen molar-refractivity contribution in [3.05, 3.63) is 60.6 Å². The lowest BCUT2D eigenvalue weighted by atomic mass is 9.96. The number of fused-ring (bicyclic) bond motifs is 1. The summed E-state index contributed by atoms with van der Waals surface area (Å²) in [6.07, 6.45) is 9.00. The van der Waals surface area contributed by atoms with E-state index in [1.54, 1.807) is 45.1 Å². The molecule has 0 amide bonds. The topological polar surface area (TPSA) is 112 Å². The molecule has 12 heteroatoms. The van der Waals surface area contributed by atoms with E-state index in [-0.39, 0.29) is 0 Å². The average molecular weight is 670 g/mol. The molecule has 2 aromatic heterocycles. The summed E-state index contributed by atoms with van der Waals surface area (Å²) in [4.78, 5) is 26.0. The van der Waals surface area contributed by atoms with E-state index in [4.69, 9.17) is 9.72 Å². The third-order valence-electron chi connectivity index (χ3n) is 9.52. The van der Waals surface area contributed by atoms with Crippen molar-refractivity contribution in [1.82, 2.24) is 29.7 Å². The molecule has 254 valence electrons. The number of ether oxygens (including phenoxy) is 1. The van der Waals surface area contributed by atoms with Gasteiger partial charge in [0.1, 0.15) is 24.2 Å². The molecular formula is C36H48N9O2P. The van der Waals surface area contributed by atoms with Gasteiger partial charge in [-0.3, -0.25) is 14.9 Å². The number of aromatic nitrogens is 4. The van der Waals surface area contributed by atoms with Crippen LogP contribution in [0.15, 0.2) is 49.4 Å². The Balaban J connectivity index is 1.27. The third kappa shape index (κ3) is 7.18. The van der Waals surface area contributed by atoms with Crippen molar-refractivity contribution in [3.8, 4) is 5.75 Å². The smallest absolute Gasteiger partial charge is 0.229 e. The monoisotopic (exact) mass is 669 g/mol. The van der Waals surface area contributed by atoms with Crippen LogP contribution in [-0.4, -0.2) is 103 Å². The summed E-state index contributed by atoms with van der Waals surface area (Å²) in [5.74, 6) is 1.96. The van der Waals surface area contributed by atoms with Gasteiger partial charge in [0.15, 0.2) is 0 Å². The molecule has 0 aliphatic carbocycles. The Morgan fingerprint density at radius 1 is 0.979 bits per heavy atom. The van der Waals surface area contributed by atoms with E-state index in [1.807, 2.05) is 12.1 Å². The molecular weight excluding hydrogens is 621 g/mol. The van der Waals surface area contributed by atoms with Gasteiger partial charge in [0.2, 0.25) is 5.95 Å². The molecule has 2 N–H and O–H groups in total. The predicted octanol–water partition coefficient (Wildman–Crippen LogP) is 6.15. The molecule has 4 heterocycles. The second-order valence-corrected chi connectivity index (χ2v) is 16.7. The summed E-state index contributed by atoms with van der Waals surface area (Å²) in [6.45, 7) is 18.6. The minimum absolute atomic E-state index is 0.302. The molecule has 2 aromatic carbocycles. The lowest BCUT2D eigenvalue weighted by Crippen LogP contribution is -2.52. The summed E-state index contributed by atoms with van der Waals surface area (Å²) >= 11 is 0. The van der Waals surface area contributed by atoms with E-state index in [0.29, 0.717) is 51.3 Å². The highest BCUT2D eigenvalue weighted by Crippen LogP contribution is 2.42. The van der Waals surface area contributed by atoms with Gasteiger partial charge in [-0.15, -0.1) is 0 Å². The maximum atomic E-state index is 13.5. The minimum atomic E-state index is -2.76. The van der Waals surface area contributed by atoms with Crippen molar-refractivity contribution in [2.75, 3.05) is 82.3 Å². The molecule has 0 spiro atoms. The molecule has 6 rings (SSSR count). The standard InChI is InChI=1S/C36H48N9O2P/c1-8-25-23-39-36(42-35(25)40-29-10-9-28-33(38-14-13-37-28)34(29)48(6,7)46)41-30-21-27(24(2)3)31(22-32(30)47-5)45-15-11-26(12-16-45)44-19-17-43(4)18-20-44/h8-10,13-14,21-24,26H,1,11-12,15-20H2,2-7H3,(H2,39,40,41,42). The van der Waals surface area contributed by atoms with Gasteiger partial charge in [-0.05, 0) is 62.9 Å². The molecule has 4 aromatic rings. The van der Waals surface area contributed by atoms with E-state index >= 15 is 0 Å². The van der Waals surface area contributed by atoms with E-state index in [2.05, 4.69) is 79.9 Å². The molecule has 0 saturated carbocycles. The van der Waals surface area contributed by atoms with Crippen LogP contribution in [0.4, 0.5) is 28.8 Å². The number of benzene rings is 2. The number of methoxy groups -OCH3 is 1. The Hall–Kier alpha value is -4.05. The van der Waals surface area contributed by atoms with Crippen molar-refractivity contribution < 1.29 is 9.30 Å². The van der Waals surface area contributed by atoms with Crippen LogP contribution in [-0.2, 0) is 4.57 Å². The van der Waals surface area contributed by atoms with Crippen LogP contribution in [0, 0.1) is 0 Å². The fourth-order valence-electron chi connectivity index (χ4n) is 6.86. The second kappa shape index (κ2) is 14.2. The summed E-state index contributed by atoms with van der Waals surface area (Å²) < 4.78 is 19.4. The summed E-state index contributed by atoms with van der Waals surface area (Å²) in [6, 6.07) is 8.73. The molecule has 2 fully saturated rings. The molecule has 2 saturated heterocycles. The van der Waals surface area contributed by atoms with Gasteiger partial charge in [0.25, 0.3) is 0 Å². The molecule has 0 atom stereocenters. The normalized spacial score (nSPS) is 16.8. The zero-order valence-corrected chi connectivity index (χ0v) is 29.9. The Kier molecular flexibility index (Phi) is 10.0. The second-order valence-electron chi connectivity index (χ2n) is 13.5. The molecule has 0 radical (unpaired) electrons. The summed E-state index contributed by atoms with van der Waals surface area (Å²) in [5.41, 5.74) is 5.93. The molecule has 2 aliphatic heterocycles. The number of anilines is 5. The molecule has 48 heavy (non-hydrogen) atoms. The minimum Gasteiger partial charge on any atom is -0.494 e. The van der Waals surface area contributed by atoms with Crippen LogP contribution in [0.5, 0.6) is 5.75 Å². The molecule has 0 bridgehead atoms. The van der Waals surface area contributed by atoms with Crippen LogP contribution >= 0.6 is 7.14 Å². The van der Waals surface area contributed by atoms with E-state index < -0.39 is 7.14 Å². The highest BCUT2D eigenvalue weighted by molar-refractivity contribution is 7.71. The van der Waals surface area contributed by atoms with Gasteiger partial charge in [-0.25, -0.2) is 4.98 Å². The predicted molar refractivity (Wildman–Crippen MR) is 199 cm³/mol. The Morgan fingerprint density at radius 2 is 1.71 bits per heavy atom. The van der Waals surface area contributed by atoms with E-state index in [9.17, 15) is 4.57 Å². The van der Waals surface area contributed by atoms with Gasteiger partial charge in [-0.2, -0.15) is 4.98 Å².